The van der Waals surface area contributed by atoms with E-state index in [2.05, 4.69) is 24.6 Å². The number of hydrogen-bond donors (Lipinski definition) is 1. The van der Waals surface area contributed by atoms with Crippen LogP contribution in [-0.2, 0) is 0 Å². The van der Waals surface area contributed by atoms with Crippen molar-refractivity contribution in [2.75, 3.05) is 5.32 Å². The summed E-state index contributed by atoms with van der Waals surface area (Å²) < 4.78 is 4.24. The van der Waals surface area contributed by atoms with E-state index in [1.54, 1.807) is 12.4 Å². The summed E-state index contributed by atoms with van der Waals surface area (Å²) in [5, 5.41) is 4.10. The van der Waals surface area contributed by atoms with Crippen molar-refractivity contribution < 1.29 is 4.79 Å². The number of anilines is 1. The molecule has 0 radical (unpaired) electrons. The van der Waals surface area contributed by atoms with Crippen LogP contribution in [0.3, 0.4) is 0 Å². The molecular formula is C13H11N5OS2. The Labute approximate surface area is 129 Å². The molecule has 106 valence electrons. The highest BCUT2D eigenvalue weighted by Crippen LogP contribution is 2.23. The van der Waals surface area contributed by atoms with Crippen LogP contribution in [0.25, 0.3) is 11.4 Å². The van der Waals surface area contributed by atoms with Crippen molar-refractivity contribution in [2.45, 2.75) is 13.8 Å². The van der Waals surface area contributed by atoms with Crippen molar-refractivity contribution in [1.29, 1.82) is 0 Å². The Morgan fingerprint density at radius 3 is 2.62 bits per heavy atom. The normalized spacial score (nSPS) is 10.6. The summed E-state index contributed by atoms with van der Waals surface area (Å²) in [4.78, 5) is 25.3. The van der Waals surface area contributed by atoms with E-state index < -0.39 is 0 Å². The van der Waals surface area contributed by atoms with Gasteiger partial charge in [0, 0.05) is 29.5 Å². The highest BCUT2D eigenvalue weighted by molar-refractivity contribution is 7.14. The highest BCUT2D eigenvalue weighted by Gasteiger charge is 2.16. The van der Waals surface area contributed by atoms with Gasteiger partial charge in [0.1, 0.15) is 4.88 Å². The number of nitrogens with one attached hydrogen (secondary N) is 1. The number of carbonyl (C=O) groups is 1. The van der Waals surface area contributed by atoms with E-state index in [-0.39, 0.29) is 5.91 Å². The smallest absolute Gasteiger partial charge is 0.269 e. The fourth-order valence-electron chi connectivity index (χ4n) is 1.79. The Balaban J connectivity index is 1.79. The number of pyridine rings is 1. The summed E-state index contributed by atoms with van der Waals surface area (Å²) in [6.07, 6.45) is 3.36. The third-order valence-corrected chi connectivity index (χ3v) is 4.40. The minimum Gasteiger partial charge on any atom is -0.296 e. The maximum Gasteiger partial charge on any atom is 0.269 e. The Hall–Kier alpha value is -2.19. The number of rotatable bonds is 3. The number of aryl methyl sites for hydroxylation is 2. The second-order valence-corrected chi connectivity index (χ2v) is 6.22. The molecular weight excluding hydrogens is 306 g/mol. The van der Waals surface area contributed by atoms with E-state index in [9.17, 15) is 4.79 Å². The Morgan fingerprint density at radius 1 is 1.19 bits per heavy atom. The van der Waals surface area contributed by atoms with Crippen LogP contribution in [0.15, 0.2) is 24.5 Å². The molecule has 8 heteroatoms. The Bertz CT molecular complexity index is 781. The van der Waals surface area contributed by atoms with Gasteiger partial charge in [-0.05, 0) is 26.0 Å². The van der Waals surface area contributed by atoms with Crippen LogP contribution < -0.4 is 5.32 Å². The molecule has 0 atom stereocenters. The Morgan fingerprint density at radius 2 is 1.95 bits per heavy atom. The third-order valence-electron chi connectivity index (χ3n) is 2.69. The fraction of sp³-hybridized carbons (Fsp3) is 0.154. The summed E-state index contributed by atoms with van der Waals surface area (Å²) in [6.45, 7) is 3.70. The number of thiazole rings is 1. The lowest BCUT2D eigenvalue weighted by molar-refractivity contribution is 0.103. The quantitative estimate of drug-likeness (QED) is 0.803. The average molecular weight is 317 g/mol. The standard InChI is InChI=1S/C13H11N5OS2/c1-7-10(20-8(2)15-7)12(19)17-13-16-11(18-21-13)9-3-5-14-6-4-9/h3-6H,1-2H3,(H,16,17,18,19). The highest BCUT2D eigenvalue weighted by atomic mass is 32.1. The second-order valence-electron chi connectivity index (χ2n) is 4.26. The molecule has 0 saturated carbocycles. The summed E-state index contributed by atoms with van der Waals surface area (Å²) in [6, 6.07) is 3.65. The zero-order chi connectivity index (χ0) is 14.8. The van der Waals surface area contributed by atoms with Crippen molar-refractivity contribution >= 4 is 33.9 Å². The molecule has 3 aromatic heterocycles. The van der Waals surface area contributed by atoms with Gasteiger partial charge in [-0.1, -0.05) is 0 Å². The number of nitrogens with zero attached hydrogens (tertiary/aromatic N) is 4. The molecule has 0 aliphatic heterocycles. The van der Waals surface area contributed by atoms with Crippen LogP contribution in [0, 0.1) is 13.8 Å². The van der Waals surface area contributed by atoms with Crippen molar-refractivity contribution in [3.8, 4) is 11.4 Å². The maximum atomic E-state index is 12.2. The van der Waals surface area contributed by atoms with Gasteiger partial charge in [0.15, 0.2) is 5.82 Å². The summed E-state index contributed by atoms with van der Waals surface area (Å²) in [5.74, 6) is 0.380. The Kier molecular flexibility index (Phi) is 3.72. The minimum absolute atomic E-state index is 0.199. The molecule has 6 nitrogen and oxygen atoms in total. The first-order valence-corrected chi connectivity index (χ1v) is 7.72. The first-order valence-electron chi connectivity index (χ1n) is 6.13. The van der Waals surface area contributed by atoms with E-state index in [1.807, 2.05) is 26.0 Å². The van der Waals surface area contributed by atoms with Gasteiger partial charge in [-0.3, -0.25) is 15.1 Å². The van der Waals surface area contributed by atoms with Crippen LogP contribution in [0.2, 0.25) is 0 Å². The van der Waals surface area contributed by atoms with E-state index in [1.165, 1.54) is 11.3 Å². The zero-order valence-corrected chi connectivity index (χ0v) is 13.0. The van der Waals surface area contributed by atoms with Crippen molar-refractivity contribution in [3.05, 3.63) is 40.1 Å². The van der Waals surface area contributed by atoms with Gasteiger partial charge in [0.25, 0.3) is 5.91 Å². The maximum absolute atomic E-state index is 12.2. The lowest BCUT2D eigenvalue weighted by Gasteiger charge is -1.98. The molecule has 0 aromatic carbocycles. The van der Waals surface area contributed by atoms with Gasteiger partial charge in [0.2, 0.25) is 5.13 Å². The number of aromatic nitrogens is 4. The lowest BCUT2D eigenvalue weighted by Crippen LogP contribution is -2.11. The molecule has 0 bridgehead atoms. The predicted molar refractivity (Wildman–Crippen MR) is 82.7 cm³/mol. The van der Waals surface area contributed by atoms with Crippen LogP contribution in [-0.4, -0.2) is 25.2 Å². The molecule has 0 saturated heterocycles. The van der Waals surface area contributed by atoms with Crippen molar-refractivity contribution in [3.63, 3.8) is 0 Å². The van der Waals surface area contributed by atoms with Crippen LogP contribution in [0.5, 0.6) is 0 Å². The van der Waals surface area contributed by atoms with Gasteiger partial charge in [0.05, 0.1) is 10.7 Å². The van der Waals surface area contributed by atoms with Gasteiger partial charge in [-0.15, -0.1) is 11.3 Å². The van der Waals surface area contributed by atoms with E-state index in [0.29, 0.717) is 15.8 Å². The first-order chi connectivity index (χ1) is 10.1. The number of hydrogen-bond acceptors (Lipinski definition) is 7. The molecule has 3 heterocycles. The van der Waals surface area contributed by atoms with Crippen molar-refractivity contribution in [1.82, 2.24) is 19.3 Å². The number of amides is 1. The van der Waals surface area contributed by atoms with Crippen molar-refractivity contribution in [2.24, 2.45) is 0 Å². The topological polar surface area (TPSA) is 80.7 Å². The number of carbonyl (C=O) groups excluding carboxylic acids is 1. The third kappa shape index (κ3) is 2.96. The molecule has 0 spiro atoms. The summed E-state index contributed by atoms with van der Waals surface area (Å²) >= 11 is 2.52. The SMILES string of the molecule is Cc1nc(C)c(C(=O)Nc2nc(-c3ccncc3)ns2)s1. The van der Waals surface area contributed by atoms with E-state index >= 15 is 0 Å². The monoisotopic (exact) mass is 317 g/mol. The van der Waals surface area contributed by atoms with Crippen LogP contribution >= 0.6 is 22.9 Å². The minimum atomic E-state index is -0.199. The van der Waals surface area contributed by atoms with Gasteiger partial charge >= 0.3 is 0 Å². The van der Waals surface area contributed by atoms with E-state index in [4.69, 9.17) is 0 Å². The average Bonchev–Trinajstić information content (AvgIpc) is 3.06. The molecule has 21 heavy (non-hydrogen) atoms. The molecule has 1 amide bonds. The van der Waals surface area contributed by atoms with Gasteiger partial charge in [-0.2, -0.15) is 9.36 Å². The van der Waals surface area contributed by atoms with Gasteiger partial charge < -0.3 is 0 Å². The predicted octanol–water partition coefficient (Wildman–Crippen LogP) is 2.93. The van der Waals surface area contributed by atoms with E-state index in [0.717, 1.165) is 27.8 Å². The summed E-state index contributed by atoms with van der Waals surface area (Å²) in [7, 11) is 0. The molecule has 0 aliphatic carbocycles. The molecule has 3 rings (SSSR count). The lowest BCUT2D eigenvalue weighted by atomic mass is 10.3. The molecule has 0 aliphatic rings. The zero-order valence-electron chi connectivity index (χ0n) is 11.3. The molecule has 0 unspecified atom stereocenters. The molecule has 1 N–H and O–H groups in total. The van der Waals surface area contributed by atoms with Gasteiger partial charge in [-0.25, -0.2) is 4.98 Å². The molecule has 3 aromatic rings. The van der Waals surface area contributed by atoms with Crippen LogP contribution in [0.1, 0.15) is 20.4 Å². The summed E-state index contributed by atoms with van der Waals surface area (Å²) in [5.41, 5.74) is 1.60. The second kappa shape index (κ2) is 5.66. The fourth-order valence-corrected chi connectivity index (χ4v) is 3.19. The molecule has 0 fully saturated rings. The van der Waals surface area contributed by atoms with Crippen LogP contribution in [0.4, 0.5) is 5.13 Å². The first kappa shape index (κ1) is 13.8. The largest absolute Gasteiger partial charge is 0.296 e.